The highest BCUT2D eigenvalue weighted by atomic mass is 19.1. The van der Waals surface area contributed by atoms with Crippen LogP contribution in [0, 0.1) is 0 Å². The molecule has 1 aliphatic heterocycles. The van der Waals surface area contributed by atoms with Gasteiger partial charge in [0.1, 0.15) is 12.3 Å². The fourth-order valence-electron chi connectivity index (χ4n) is 4.06. The molecule has 180 valence electrons. The highest BCUT2D eigenvalue weighted by Crippen LogP contribution is 2.44. The lowest BCUT2D eigenvalue weighted by molar-refractivity contribution is -0.185. The van der Waals surface area contributed by atoms with Gasteiger partial charge in [-0.15, -0.1) is 0 Å². The van der Waals surface area contributed by atoms with Crippen LogP contribution in [0.1, 0.15) is 24.3 Å². The van der Waals surface area contributed by atoms with Gasteiger partial charge in [0.25, 0.3) is 5.56 Å². The zero-order valence-corrected chi connectivity index (χ0v) is 18.6. The van der Waals surface area contributed by atoms with Crippen LogP contribution < -0.4 is 11.2 Å². The zero-order chi connectivity index (χ0) is 24.1. The molecular weight excluding hydrogens is 446 g/mol. The Morgan fingerprint density at radius 1 is 1.03 bits per heavy atom. The van der Waals surface area contributed by atoms with Crippen LogP contribution in [0.2, 0.25) is 0 Å². The highest BCUT2D eigenvalue weighted by molar-refractivity contribution is 5.15. The molecule has 0 radical (unpaired) electrons. The molecule has 1 fully saturated rings. The van der Waals surface area contributed by atoms with Gasteiger partial charge in [-0.3, -0.25) is 14.3 Å². The first-order valence-electron chi connectivity index (χ1n) is 11.0. The van der Waals surface area contributed by atoms with Gasteiger partial charge in [-0.2, -0.15) is 0 Å². The maximum absolute atomic E-state index is 15.8. The van der Waals surface area contributed by atoms with Gasteiger partial charge in [-0.05, 0) is 18.1 Å². The van der Waals surface area contributed by atoms with Crippen LogP contribution in [-0.4, -0.2) is 40.2 Å². The van der Waals surface area contributed by atoms with Crippen molar-refractivity contribution in [2.45, 2.75) is 50.4 Å². The average Bonchev–Trinajstić information content (AvgIpc) is 3.11. The van der Waals surface area contributed by atoms with Crippen molar-refractivity contribution in [2.75, 3.05) is 6.61 Å². The first-order chi connectivity index (χ1) is 16.4. The van der Waals surface area contributed by atoms with E-state index in [2.05, 4.69) is 4.98 Å². The lowest BCUT2D eigenvalue weighted by Crippen LogP contribution is -2.53. The fourth-order valence-corrected chi connectivity index (χ4v) is 4.06. The van der Waals surface area contributed by atoms with Gasteiger partial charge in [0.05, 0.1) is 19.8 Å². The number of nitrogens with one attached hydrogen (secondary N) is 1. The van der Waals surface area contributed by atoms with Gasteiger partial charge in [-0.25, -0.2) is 13.6 Å². The zero-order valence-electron chi connectivity index (χ0n) is 18.6. The molecule has 0 bridgehead atoms. The minimum atomic E-state index is -1.91. The molecule has 3 aromatic rings. The number of hydrogen-bond donors (Lipinski definition) is 1. The molecule has 7 nitrogen and oxygen atoms in total. The maximum Gasteiger partial charge on any atom is 0.330 e. The Bertz CT molecular complexity index is 1180. The van der Waals surface area contributed by atoms with E-state index < -0.39 is 41.5 Å². The summed E-state index contributed by atoms with van der Waals surface area (Å²) in [5, 5.41) is 0. The van der Waals surface area contributed by atoms with Crippen LogP contribution in [0.4, 0.5) is 8.78 Å². The van der Waals surface area contributed by atoms with Crippen molar-refractivity contribution in [3.63, 3.8) is 0 Å². The number of aromatic amines is 1. The molecule has 34 heavy (non-hydrogen) atoms. The molecule has 0 spiro atoms. The number of alkyl halides is 2. The van der Waals surface area contributed by atoms with Crippen molar-refractivity contribution in [3.8, 4) is 0 Å². The smallest absolute Gasteiger partial charge is 0.330 e. The molecule has 2 heterocycles. The molecule has 4 rings (SSSR count). The SMILES string of the molecule is CC(F)[C@]1(COCc2ccccc2)O[C@@H](n2ccc(=O)[nH]c2=O)[C@H](F)[C@@H]1OCc1ccccc1. The summed E-state index contributed by atoms with van der Waals surface area (Å²) in [7, 11) is 0. The van der Waals surface area contributed by atoms with E-state index in [1.165, 1.54) is 6.92 Å². The van der Waals surface area contributed by atoms with E-state index in [1.54, 1.807) is 12.1 Å². The van der Waals surface area contributed by atoms with Crippen LogP contribution in [0.25, 0.3) is 0 Å². The third-order valence-electron chi connectivity index (χ3n) is 5.89. The third kappa shape index (κ3) is 5.01. The third-order valence-corrected chi connectivity index (χ3v) is 5.89. The van der Waals surface area contributed by atoms with Crippen LogP contribution in [0.3, 0.4) is 0 Å². The largest absolute Gasteiger partial charge is 0.374 e. The number of H-pyrrole nitrogens is 1. The summed E-state index contributed by atoms with van der Waals surface area (Å²) in [4.78, 5) is 25.9. The molecule has 2 aromatic carbocycles. The van der Waals surface area contributed by atoms with Crippen LogP contribution >= 0.6 is 0 Å². The van der Waals surface area contributed by atoms with E-state index >= 15 is 8.78 Å². The number of aromatic nitrogens is 2. The molecule has 0 saturated carbocycles. The monoisotopic (exact) mass is 472 g/mol. The van der Waals surface area contributed by atoms with E-state index in [9.17, 15) is 9.59 Å². The second kappa shape index (κ2) is 10.4. The summed E-state index contributed by atoms with van der Waals surface area (Å²) in [6.45, 7) is 1.10. The molecule has 1 N–H and O–H groups in total. The summed E-state index contributed by atoms with van der Waals surface area (Å²) < 4.78 is 49.5. The average molecular weight is 472 g/mol. The van der Waals surface area contributed by atoms with Gasteiger partial charge in [0.2, 0.25) is 0 Å². The van der Waals surface area contributed by atoms with E-state index in [-0.39, 0.29) is 19.8 Å². The van der Waals surface area contributed by atoms with Crippen molar-refractivity contribution in [1.29, 1.82) is 0 Å². The van der Waals surface area contributed by atoms with Gasteiger partial charge in [0, 0.05) is 12.3 Å². The van der Waals surface area contributed by atoms with Gasteiger partial charge >= 0.3 is 5.69 Å². The second-order valence-corrected chi connectivity index (χ2v) is 8.24. The highest BCUT2D eigenvalue weighted by Gasteiger charge is 2.61. The van der Waals surface area contributed by atoms with Crippen molar-refractivity contribution in [1.82, 2.24) is 9.55 Å². The van der Waals surface area contributed by atoms with E-state index in [0.29, 0.717) is 0 Å². The lowest BCUT2D eigenvalue weighted by atomic mass is 9.91. The van der Waals surface area contributed by atoms with Gasteiger partial charge in [-0.1, -0.05) is 60.7 Å². The number of nitrogens with zero attached hydrogens (tertiary/aromatic N) is 1. The minimum Gasteiger partial charge on any atom is -0.374 e. The first-order valence-corrected chi connectivity index (χ1v) is 11.0. The summed E-state index contributed by atoms with van der Waals surface area (Å²) in [5.74, 6) is 0. The van der Waals surface area contributed by atoms with E-state index in [4.69, 9.17) is 14.2 Å². The molecule has 0 aliphatic carbocycles. The van der Waals surface area contributed by atoms with Crippen molar-refractivity contribution in [2.24, 2.45) is 0 Å². The molecule has 1 unspecified atom stereocenters. The number of rotatable bonds is 9. The van der Waals surface area contributed by atoms with E-state index in [1.807, 2.05) is 48.5 Å². The first kappa shape index (κ1) is 24.0. The Morgan fingerprint density at radius 3 is 2.24 bits per heavy atom. The Labute approximate surface area is 194 Å². The molecule has 1 saturated heterocycles. The number of halogens is 2. The molecule has 1 aliphatic rings. The van der Waals surface area contributed by atoms with Crippen LogP contribution in [0.15, 0.2) is 82.5 Å². The van der Waals surface area contributed by atoms with Crippen molar-refractivity contribution in [3.05, 3.63) is 105 Å². The van der Waals surface area contributed by atoms with Crippen molar-refractivity contribution < 1.29 is 23.0 Å². The lowest BCUT2D eigenvalue weighted by Gasteiger charge is -2.35. The summed E-state index contributed by atoms with van der Waals surface area (Å²) in [6, 6.07) is 19.4. The van der Waals surface area contributed by atoms with Gasteiger partial charge < -0.3 is 14.2 Å². The van der Waals surface area contributed by atoms with Crippen LogP contribution in [0.5, 0.6) is 0 Å². The standard InChI is InChI=1S/C25H26F2N2O5/c1-17(26)25(16-32-14-18-8-4-2-5-9-18)22(33-15-19-10-6-3-7-11-19)21(27)23(34-25)29-13-12-20(30)28-24(29)31/h2-13,17,21-23H,14-16H2,1H3,(H,28,30,31)/t17?,21-,22+,23-,25+/m1/s1. The molecule has 9 heteroatoms. The van der Waals surface area contributed by atoms with Crippen molar-refractivity contribution >= 4 is 0 Å². The number of ether oxygens (including phenoxy) is 3. The fraction of sp³-hybridized carbons (Fsp3) is 0.360. The Hall–Kier alpha value is -3.14. The molecule has 1 aromatic heterocycles. The predicted octanol–water partition coefficient (Wildman–Crippen LogP) is 3.30. The van der Waals surface area contributed by atoms with Gasteiger partial charge in [0.15, 0.2) is 18.0 Å². The number of hydrogen-bond acceptors (Lipinski definition) is 5. The summed E-state index contributed by atoms with van der Waals surface area (Å²) >= 11 is 0. The Balaban J connectivity index is 1.63. The minimum absolute atomic E-state index is 0.00961. The normalized spacial score (nSPS) is 25.3. The number of benzene rings is 2. The quantitative estimate of drug-likeness (QED) is 0.517. The Morgan fingerprint density at radius 2 is 1.65 bits per heavy atom. The maximum atomic E-state index is 15.8. The molecule has 0 amide bonds. The van der Waals surface area contributed by atoms with Crippen LogP contribution in [-0.2, 0) is 27.4 Å². The predicted molar refractivity (Wildman–Crippen MR) is 121 cm³/mol. The Kier molecular flexibility index (Phi) is 7.35. The van der Waals surface area contributed by atoms with E-state index in [0.717, 1.165) is 28.0 Å². The topological polar surface area (TPSA) is 82.5 Å². The molecular formula is C25H26F2N2O5. The summed E-state index contributed by atoms with van der Waals surface area (Å²) in [6.07, 6.45) is -5.39. The second-order valence-electron chi connectivity index (χ2n) is 8.24. The molecule has 5 atom stereocenters. The summed E-state index contributed by atoms with van der Waals surface area (Å²) in [5.41, 5.74) is -1.71.